The van der Waals surface area contributed by atoms with Gasteiger partial charge in [-0.05, 0) is 35.6 Å². The predicted octanol–water partition coefficient (Wildman–Crippen LogP) is 2.76. The fourth-order valence-electron chi connectivity index (χ4n) is 3.75. The molecule has 0 aliphatic carbocycles. The summed E-state index contributed by atoms with van der Waals surface area (Å²) in [7, 11) is 1.73. The van der Waals surface area contributed by atoms with Crippen molar-refractivity contribution in [2.45, 2.75) is 32.2 Å². The van der Waals surface area contributed by atoms with E-state index in [1.54, 1.807) is 11.9 Å². The molecular weight excluding hydrogens is 378 g/mol. The van der Waals surface area contributed by atoms with Gasteiger partial charge in [-0.1, -0.05) is 48.9 Å². The molecule has 6 nitrogen and oxygen atoms in total. The molecule has 3 rings (SSSR count). The van der Waals surface area contributed by atoms with Crippen molar-refractivity contribution in [3.8, 4) is 11.1 Å². The van der Waals surface area contributed by atoms with Crippen molar-refractivity contribution in [2.24, 2.45) is 11.7 Å². The molecule has 1 saturated heterocycles. The topological polar surface area (TPSA) is 92.5 Å². The van der Waals surface area contributed by atoms with Gasteiger partial charge < -0.3 is 16.0 Å². The lowest BCUT2D eigenvalue weighted by atomic mass is 9.93. The van der Waals surface area contributed by atoms with Gasteiger partial charge in [0, 0.05) is 38.0 Å². The molecule has 2 aromatic carbocycles. The molecule has 1 atom stereocenters. The molecule has 0 radical (unpaired) electrons. The van der Waals surface area contributed by atoms with Gasteiger partial charge in [0.2, 0.25) is 11.8 Å². The van der Waals surface area contributed by atoms with E-state index in [1.807, 2.05) is 48.5 Å². The number of nitrogens with zero attached hydrogens (tertiary/aromatic N) is 1. The molecule has 1 unspecified atom stereocenters. The van der Waals surface area contributed by atoms with E-state index in [0.29, 0.717) is 18.7 Å². The number of likely N-dealkylation sites (N-methyl/N-ethyl adjacent to an activating group) is 1. The first kappa shape index (κ1) is 21.7. The van der Waals surface area contributed by atoms with Gasteiger partial charge in [-0.25, -0.2) is 0 Å². The summed E-state index contributed by atoms with van der Waals surface area (Å²) >= 11 is 0. The van der Waals surface area contributed by atoms with Crippen molar-refractivity contribution < 1.29 is 14.4 Å². The van der Waals surface area contributed by atoms with Crippen LogP contribution in [0.15, 0.2) is 48.5 Å². The number of hydrogen-bond donors (Lipinski definition) is 2. The van der Waals surface area contributed by atoms with Crippen LogP contribution in [0.5, 0.6) is 0 Å². The lowest BCUT2D eigenvalue weighted by molar-refractivity contribution is -0.129. The highest BCUT2D eigenvalue weighted by Gasteiger charge is 2.23. The SMILES string of the molecule is CN(Cc1cccc(-c2ccc(C(=O)CC3CCCCNC3=O)cc2)c1)C(=O)CN. The van der Waals surface area contributed by atoms with Gasteiger partial charge in [-0.3, -0.25) is 14.4 Å². The number of nitrogens with two attached hydrogens (primary N) is 1. The zero-order valence-electron chi connectivity index (χ0n) is 17.4. The second-order valence-electron chi connectivity index (χ2n) is 7.84. The first-order chi connectivity index (χ1) is 14.5. The highest BCUT2D eigenvalue weighted by Crippen LogP contribution is 2.24. The van der Waals surface area contributed by atoms with E-state index in [0.717, 1.165) is 36.0 Å². The highest BCUT2D eigenvalue weighted by atomic mass is 16.2. The molecule has 2 amide bonds. The maximum absolute atomic E-state index is 12.7. The molecule has 6 heteroatoms. The number of carbonyl (C=O) groups is 3. The Hall–Kier alpha value is -2.99. The van der Waals surface area contributed by atoms with Gasteiger partial charge in [0.25, 0.3) is 0 Å². The number of rotatable bonds is 7. The molecule has 158 valence electrons. The Kier molecular flexibility index (Phi) is 7.36. The van der Waals surface area contributed by atoms with Gasteiger partial charge >= 0.3 is 0 Å². The van der Waals surface area contributed by atoms with Gasteiger partial charge in [0.15, 0.2) is 5.78 Å². The van der Waals surface area contributed by atoms with Crippen LogP contribution in [0.1, 0.15) is 41.6 Å². The molecule has 0 bridgehead atoms. The third-order valence-corrected chi connectivity index (χ3v) is 5.57. The van der Waals surface area contributed by atoms with Crippen molar-refractivity contribution in [2.75, 3.05) is 20.1 Å². The van der Waals surface area contributed by atoms with Crippen LogP contribution in [0.4, 0.5) is 0 Å². The minimum Gasteiger partial charge on any atom is -0.356 e. The number of nitrogens with one attached hydrogen (secondary N) is 1. The van der Waals surface area contributed by atoms with Crippen molar-refractivity contribution in [3.05, 3.63) is 59.7 Å². The van der Waals surface area contributed by atoms with Crippen molar-refractivity contribution in [1.29, 1.82) is 0 Å². The minimum absolute atomic E-state index is 0.000674. The fourth-order valence-corrected chi connectivity index (χ4v) is 3.75. The van der Waals surface area contributed by atoms with E-state index in [1.165, 1.54) is 0 Å². The number of carbonyl (C=O) groups excluding carboxylic acids is 3. The normalized spacial score (nSPS) is 16.5. The van der Waals surface area contributed by atoms with Crippen LogP contribution >= 0.6 is 0 Å². The summed E-state index contributed by atoms with van der Waals surface area (Å²) in [5.74, 6) is -0.346. The Balaban J connectivity index is 1.68. The molecule has 2 aromatic rings. The summed E-state index contributed by atoms with van der Waals surface area (Å²) in [6, 6.07) is 15.5. The van der Waals surface area contributed by atoms with E-state index >= 15 is 0 Å². The minimum atomic E-state index is -0.232. The summed E-state index contributed by atoms with van der Waals surface area (Å²) in [5.41, 5.74) is 9.07. The van der Waals surface area contributed by atoms with E-state index in [-0.39, 0.29) is 36.5 Å². The Morgan fingerprint density at radius 3 is 2.60 bits per heavy atom. The lowest BCUT2D eigenvalue weighted by Gasteiger charge is -2.16. The van der Waals surface area contributed by atoms with Gasteiger partial charge in [-0.15, -0.1) is 0 Å². The number of amides is 2. The number of benzene rings is 2. The summed E-state index contributed by atoms with van der Waals surface area (Å²) in [6.07, 6.45) is 2.96. The maximum Gasteiger partial charge on any atom is 0.236 e. The van der Waals surface area contributed by atoms with Crippen LogP contribution in [-0.2, 0) is 16.1 Å². The van der Waals surface area contributed by atoms with E-state index in [4.69, 9.17) is 5.73 Å². The molecule has 1 aliphatic heterocycles. The fraction of sp³-hybridized carbons (Fsp3) is 0.375. The summed E-state index contributed by atoms with van der Waals surface area (Å²) in [4.78, 5) is 38.1. The third kappa shape index (κ3) is 5.54. The molecule has 1 heterocycles. The molecule has 1 aliphatic rings. The van der Waals surface area contributed by atoms with E-state index < -0.39 is 0 Å². The largest absolute Gasteiger partial charge is 0.356 e. The molecule has 30 heavy (non-hydrogen) atoms. The Morgan fingerprint density at radius 1 is 1.10 bits per heavy atom. The smallest absolute Gasteiger partial charge is 0.236 e. The molecular formula is C24H29N3O3. The van der Waals surface area contributed by atoms with Crippen LogP contribution in [-0.4, -0.2) is 42.6 Å². The monoisotopic (exact) mass is 407 g/mol. The van der Waals surface area contributed by atoms with Crippen LogP contribution in [0, 0.1) is 5.92 Å². The van der Waals surface area contributed by atoms with Gasteiger partial charge in [-0.2, -0.15) is 0 Å². The molecule has 0 spiro atoms. The first-order valence-corrected chi connectivity index (χ1v) is 10.4. The van der Waals surface area contributed by atoms with Crippen molar-refractivity contribution >= 4 is 17.6 Å². The Morgan fingerprint density at radius 2 is 1.87 bits per heavy atom. The average Bonchev–Trinajstić information content (AvgIpc) is 2.97. The second-order valence-corrected chi connectivity index (χ2v) is 7.84. The Labute approximate surface area is 177 Å². The van der Waals surface area contributed by atoms with Crippen LogP contribution in [0.25, 0.3) is 11.1 Å². The Bertz CT molecular complexity index is 908. The van der Waals surface area contributed by atoms with Crippen LogP contribution in [0.3, 0.4) is 0 Å². The first-order valence-electron chi connectivity index (χ1n) is 10.4. The summed E-state index contributed by atoms with van der Waals surface area (Å²) < 4.78 is 0. The maximum atomic E-state index is 12.7. The zero-order chi connectivity index (χ0) is 21.5. The summed E-state index contributed by atoms with van der Waals surface area (Å²) in [6.45, 7) is 1.19. The zero-order valence-corrected chi connectivity index (χ0v) is 17.4. The van der Waals surface area contributed by atoms with Gasteiger partial charge in [0.05, 0.1) is 6.54 Å². The van der Waals surface area contributed by atoms with Crippen molar-refractivity contribution in [1.82, 2.24) is 10.2 Å². The standard InChI is InChI=1S/C24H29N3O3/c1-27(23(29)15-25)16-17-5-4-7-20(13-17)18-8-10-19(11-9-18)22(28)14-21-6-2-3-12-26-24(21)30/h4-5,7-11,13,21H,2-3,6,12,14-16,25H2,1H3,(H,26,30). The molecule has 0 aromatic heterocycles. The molecule has 1 fully saturated rings. The predicted molar refractivity (Wildman–Crippen MR) is 117 cm³/mol. The molecule has 3 N–H and O–H groups in total. The van der Waals surface area contributed by atoms with Crippen molar-refractivity contribution in [3.63, 3.8) is 0 Å². The second kappa shape index (κ2) is 10.2. The average molecular weight is 408 g/mol. The summed E-state index contributed by atoms with van der Waals surface area (Å²) in [5, 5.41) is 2.89. The number of Topliss-reactive ketones (excluding diaryl/α,β-unsaturated/α-hetero) is 1. The highest BCUT2D eigenvalue weighted by molar-refractivity contribution is 5.99. The number of ketones is 1. The number of hydrogen-bond acceptors (Lipinski definition) is 4. The van der Waals surface area contributed by atoms with Crippen LogP contribution in [0.2, 0.25) is 0 Å². The van der Waals surface area contributed by atoms with Crippen LogP contribution < -0.4 is 11.1 Å². The van der Waals surface area contributed by atoms with E-state index in [9.17, 15) is 14.4 Å². The van der Waals surface area contributed by atoms with E-state index in [2.05, 4.69) is 5.32 Å². The quantitative estimate of drug-likeness (QED) is 0.691. The molecule has 0 saturated carbocycles. The third-order valence-electron chi connectivity index (χ3n) is 5.57. The van der Waals surface area contributed by atoms with Gasteiger partial charge in [0.1, 0.15) is 0 Å². The lowest BCUT2D eigenvalue weighted by Crippen LogP contribution is -2.32.